The molecule has 1 heterocycles. The first kappa shape index (κ1) is 19.0. The summed E-state index contributed by atoms with van der Waals surface area (Å²) in [4.78, 5) is 2.75. The van der Waals surface area contributed by atoms with Crippen LogP contribution in [0.2, 0.25) is 0 Å². The minimum Gasteiger partial charge on any atom is -0.316 e. The van der Waals surface area contributed by atoms with Crippen LogP contribution in [0, 0.1) is 17.3 Å². The molecule has 0 amide bonds. The lowest BCUT2D eigenvalue weighted by Crippen LogP contribution is -2.43. The Kier molecular flexibility index (Phi) is 8.89. The van der Waals surface area contributed by atoms with Gasteiger partial charge in [0.1, 0.15) is 0 Å². The Labute approximate surface area is 134 Å². The first-order valence-electron chi connectivity index (χ1n) is 9.42. The van der Waals surface area contributed by atoms with Gasteiger partial charge in [-0.25, -0.2) is 0 Å². The van der Waals surface area contributed by atoms with Gasteiger partial charge in [-0.1, -0.05) is 47.5 Å². The second kappa shape index (κ2) is 9.84. The standard InChI is InChI=1S/C19H40N2/c1-6-11-19(5,15-20-14-17(3)4)16-21-12-8-9-18(7-2)10-13-21/h17-18,20H,6-16H2,1-5H3. The van der Waals surface area contributed by atoms with Crippen LogP contribution in [-0.2, 0) is 0 Å². The van der Waals surface area contributed by atoms with Crippen molar-refractivity contribution in [2.24, 2.45) is 17.3 Å². The molecule has 1 rings (SSSR count). The van der Waals surface area contributed by atoms with Crippen molar-refractivity contribution in [1.82, 2.24) is 10.2 Å². The van der Waals surface area contributed by atoms with Gasteiger partial charge in [-0.2, -0.15) is 0 Å². The first-order valence-corrected chi connectivity index (χ1v) is 9.42. The molecule has 0 aromatic carbocycles. The van der Waals surface area contributed by atoms with Gasteiger partial charge in [-0.15, -0.1) is 0 Å². The average Bonchev–Trinajstić information content (AvgIpc) is 2.63. The fourth-order valence-corrected chi connectivity index (χ4v) is 3.82. The predicted octanol–water partition coefficient (Wildman–Crippen LogP) is 4.55. The van der Waals surface area contributed by atoms with Gasteiger partial charge in [0.15, 0.2) is 0 Å². The summed E-state index contributed by atoms with van der Waals surface area (Å²) in [6, 6.07) is 0. The number of rotatable bonds is 9. The molecule has 0 aliphatic carbocycles. The number of nitrogens with zero attached hydrogens (tertiary/aromatic N) is 1. The van der Waals surface area contributed by atoms with E-state index in [4.69, 9.17) is 0 Å². The minimum atomic E-state index is 0.440. The summed E-state index contributed by atoms with van der Waals surface area (Å²) in [6.07, 6.45) is 8.27. The van der Waals surface area contributed by atoms with Crippen LogP contribution in [0.25, 0.3) is 0 Å². The monoisotopic (exact) mass is 296 g/mol. The lowest BCUT2D eigenvalue weighted by atomic mass is 9.84. The Morgan fingerprint density at radius 1 is 1.19 bits per heavy atom. The van der Waals surface area contributed by atoms with Crippen molar-refractivity contribution in [3.05, 3.63) is 0 Å². The maximum absolute atomic E-state index is 3.71. The Morgan fingerprint density at radius 2 is 1.95 bits per heavy atom. The largest absolute Gasteiger partial charge is 0.316 e. The van der Waals surface area contributed by atoms with Crippen LogP contribution >= 0.6 is 0 Å². The van der Waals surface area contributed by atoms with Gasteiger partial charge in [0.2, 0.25) is 0 Å². The molecule has 126 valence electrons. The van der Waals surface area contributed by atoms with Crippen molar-refractivity contribution < 1.29 is 0 Å². The maximum atomic E-state index is 3.71. The normalized spacial score (nSPS) is 24.0. The van der Waals surface area contributed by atoms with Crippen LogP contribution in [0.1, 0.15) is 73.1 Å². The van der Waals surface area contributed by atoms with E-state index in [0.29, 0.717) is 5.41 Å². The van der Waals surface area contributed by atoms with Gasteiger partial charge >= 0.3 is 0 Å². The molecule has 1 N–H and O–H groups in total. The van der Waals surface area contributed by atoms with Crippen molar-refractivity contribution in [3.8, 4) is 0 Å². The zero-order valence-corrected chi connectivity index (χ0v) is 15.4. The molecule has 0 radical (unpaired) electrons. The third-order valence-corrected chi connectivity index (χ3v) is 5.08. The Hall–Kier alpha value is -0.0800. The molecule has 1 aliphatic heterocycles. The van der Waals surface area contributed by atoms with Crippen LogP contribution in [-0.4, -0.2) is 37.6 Å². The topological polar surface area (TPSA) is 15.3 Å². The van der Waals surface area contributed by atoms with Gasteiger partial charge < -0.3 is 10.2 Å². The van der Waals surface area contributed by atoms with E-state index in [2.05, 4.69) is 44.8 Å². The van der Waals surface area contributed by atoms with E-state index in [1.807, 2.05) is 0 Å². The SMILES string of the molecule is CCCC(C)(CNCC(C)C)CN1CCCC(CC)CC1. The molecule has 0 aromatic rings. The molecular formula is C19H40N2. The Bertz CT molecular complexity index is 264. The van der Waals surface area contributed by atoms with Gasteiger partial charge in [0.25, 0.3) is 0 Å². The zero-order chi connectivity index (χ0) is 15.7. The number of nitrogens with one attached hydrogen (secondary N) is 1. The van der Waals surface area contributed by atoms with E-state index in [1.165, 1.54) is 64.7 Å². The summed E-state index contributed by atoms with van der Waals surface area (Å²) < 4.78 is 0. The van der Waals surface area contributed by atoms with Gasteiger partial charge in [0.05, 0.1) is 0 Å². The molecule has 0 saturated carbocycles. The van der Waals surface area contributed by atoms with E-state index in [9.17, 15) is 0 Å². The van der Waals surface area contributed by atoms with E-state index in [-0.39, 0.29) is 0 Å². The fourth-order valence-electron chi connectivity index (χ4n) is 3.82. The van der Waals surface area contributed by atoms with E-state index >= 15 is 0 Å². The van der Waals surface area contributed by atoms with Crippen LogP contribution < -0.4 is 5.32 Å². The smallest absolute Gasteiger partial charge is 0.00475 e. The molecule has 2 unspecified atom stereocenters. The summed E-state index contributed by atoms with van der Waals surface area (Å²) >= 11 is 0. The second-order valence-electron chi connectivity index (χ2n) is 8.07. The van der Waals surface area contributed by atoms with Crippen molar-refractivity contribution in [2.75, 3.05) is 32.7 Å². The van der Waals surface area contributed by atoms with Gasteiger partial charge in [-0.05, 0) is 62.6 Å². The van der Waals surface area contributed by atoms with Crippen molar-refractivity contribution in [3.63, 3.8) is 0 Å². The highest BCUT2D eigenvalue weighted by Crippen LogP contribution is 2.27. The Balaban J connectivity index is 2.47. The number of likely N-dealkylation sites (tertiary alicyclic amines) is 1. The summed E-state index contributed by atoms with van der Waals surface area (Å²) in [5.74, 6) is 1.73. The predicted molar refractivity (Wildman–Crippen MR) is 94.8 cm³/mol. The average molecular weight is 297 g/mol. The van der Waals surface area contributed by atoms with Crippen LogP contribution in [0.5, 0.6) is 0 Å². The molecule has 2 atom stereocenters. The minimum absolute atomic E-state index is 0.440. The summed E-state index contributed by atoms with van der Waals surface area (Å²) in [5, 5.41) is 3.71. The summed E-state index contributed by atoms with van der Waals surface area (Å²) in [6.45, 7) is 18.0. The quantitative estimate of drug-likeness (QED) is 0.671. The molecule has 0 aromatic heterocycles. The lowest BCUT2D eigenvalue weighted by Gasteiger charge is -2.36. The molecule has 2 heteroatoms. The molecule has 21 heavy (non-hydrogen) atoms. The molecule has 0 bridgehead atoms. The lowest BCUT2D eigenvalue weighted by molar-refractivity contribution is 0.150. The third kappa shape index (κ3) is 7.65. The molecule has 2 nitrogen and oxygen atoms in total. The number of hydrogen-bond acceptors (Lipinski definition) is 2. The van der Waals surface area contributed by atoms with Crippen molar-refractivity contribution >= 4 is 0 Å². The van der Waals surface area contributed by atoms with E-state index in [1.54, 1.807) is 0 Å². The van der Waals surface area contributed by atoms with Crippen molar-refractivity contribution in [1.29, 1.82) is 0 Å². The number of hydrogen-bond donors (Lipinski definition) is 1. The molecule has 1 saturated heterocycles. The fraction of sp³-hybridized carbons (Fsp3) is 1.00. The highest BCUT2D eigenvalue weighted by molar-refractivity contribution is 4.82. The second-order valence-corrected chi connectivity index (χ2v) is 8.07. The highest BCUT2D eigenvalue weighted by atomic mass is 15.1. The highest BCUT2D eigenvalue weighted by Gasteiger charge is 2.27. The Morgan fingerprint density at radius 3 is 2.57 bits per heavy atom. The third-order valence-electron chi connectivity index (χ3n) is 5.08. The van der Waals surface area contributed by atoms with Crippen LogP contribution in [0.15, 0.2) is 0 Å². The summed E-state index contributed by atoms with van der Waals surface area (Å²) in [5.41, 5.74) is 0.440. The molecular weight excluding hydrogens is 256 g/mol. The van der Waals surface area contributed by atoms with Gasteiger partial charge in [-0.3, -0.25) is 0 Å². The van der Waals surface area contributed by atoms with Crippen LogP contribution in [0.3, 0.4) is 0 Å². The molecule has 1 aliphatic rings. The molecule has 0 spiro atoms. The molecule has 1 fully saturated rings. The van der Waals surface area contributed by atoms with Crippen LogP contribution in [0.4, 0.5) is 0 Å². The van der Waals surface area contributed by atoms with Crippen molar-refractivity contribution in [2.45, 2.75) is 73.1 Å². The van der Waals surface area contributed by atoms with Gasteiger partial charge in [0, 0.05) is 13.1 Å². The maximum Gasteiger partial charge on any atom is 0.00475 e. The summed E-state index contributed by atoms with van der Waals surface area (Å²) in [7, 11) is 0. The zero-order valence-electron chi connectivity index (χ0n) is 15.4. The van der Waals surface area contributed by atoms with E-state index < -0.39 is 0 Å². The van der Waals surface area contributed by atoms with E-state index in [0.717, 1.165) is 18.4 Å². The first-order chi connectivity index (χ1) is 9.99.